The molecule has 3 heterocycles. The maximum absolute atomic E-state index is 12.6. The fraction of sp³-hybridized carbons (Fsp3) is 0.174. The zero-order valence-electron chi connectivity index (χ0n) is 17.2. The van der Waals surface area contributed by atoms with E-state index < -0.39 is 9.84 Å². The van der Waals surface area contributed by atoms with Gasteiger partial charge in [-0.3, -0.25) is 4.79 Å². The third kappa shape index (κ3) is 3.71. The SMILES string of the molecule is CS(=O)(=O)c1ccc(-c2cccc3c2O[C@H](CNC(=O)c2cnn4cccnc24)C3)cc1. The van der Waals surface area contributed by atoms with Gasteiger partial charge in [0.25, 0.3) is 5.91 Å². The molecule has 0 radical (unpaired) electrons. The molecule has 9 heteroatoms. The van der Waals surface area contributed by atoms with Gasteiger partial charge in [0, 0.05) is 30.6 Å². The Morgan fingerprint density at radius 3 is 2.78 bits per heavy atom. The van der Waals surface area contributed by atoms with Crippen LogP contribution in [0.4, 0.5) is 0 Å². The number of para-hydroxylation sites is 1. The highest BCUT2D eigenvalue weighted by Gasteiger charge is 2.26. The van der Waals surface area contributed by atoms with Crippen LogP contribution in [0.1, 0.15) is 15.9 Å². The van der Waals surface area contributed by atoms with Gasteiger partial charge in [-0.25, -0.2) is 17.9 Å². The summed E-state index contributed by atoms with van der Waals surface area (Å²) in [5.74, 6) is 0.506. The van der Waals surface area contributed by atoms with Crippen LogP contribution in [0.15, 0.2) is 72.0 Å². The van der Waals surface area contributed by atoms with Crippen molar-refractivity contribution in [3.63, 3.8) is 0 Å². The van der Waals surface area contributed by atoms with Crippen molar-refractivity contribution in [2.45, 2.75) is 17.4 Å². The van der Waals surface area contributed by atoms with Gasteiger partial charge >= 0.3 is 0 Å². The Kier molecular flexibility index (Phi) is 4.90. The third-order valence-electron chi connectivity index (χ3n) is 5.44. The van der Waals surface area contributed by atoms with Gasteiger partial charge in [0.15, 0.2) is 15.5 Å². The number of fused-ring (bicyclic) bond motifs is 2. The molecule has 1 aliphatic rings. The lowest BCUT2D eigenvalue weighted by molar-refractivity contribution is 0.0935. The number of amides is 1. The molecule has 0 saturated heterocycles. The van der Waals surface area contributed by atoms with E-state index >= 15 is 0 Å². The molecule has 0 saturated carbocycles. The van der Waals surface area contributed by atoms with Gasteiger partial charge in [0.2, 0.25) is 0 Å². The van der Waals surface area contributed by atoms with Gasteiger partial charge in [0.05, 0.1) is 17.6 Å². The molecule has 0 aliphatic carbocycles. The fourth-order valence-electron chi connectivity index (χ4n) is 3.85. The van der Waals surface area contributed by atoms with Crippen molar-refractivity contribution in [2.24, 2.45) is 0 Å². The van der Waals surface area contributed by atoms with E-state index in [0.717, 1.165) is 22.4 Å². The van der Waals surface area contributed by atoms with E-state index in [1.165, 1.54) is 12.5 Å². The van der Waals surface area contributed by atoms with Crippen LogP contribution in [0.5, 0.6) is 5.75 Å². The Morgan fingerprint density at radius 1 is 1.19 bits per heavy atom. The van der Waals surface area contributed by atoms with Gasteiger partial charge in [0.1, 0.15) is 17.4 Å². The molecule has 0 unspecified atom stereocenters. The van der Waals surface area contributed by atoms with Crippen LogP contribution >= 0.6 is 0 Å². The van der Waals surface area contributed by atoms with Crippen LogP contribution in [-0.2, 0) is 16.3 Å². The Balaban J connectivity index is 1.31. The highest BCUT2D eigenvalue weighted by Crippen LogP contribution is 2.38. The molecule has 1 atom stereocenters. The number of ether oxygens (including phenoxy) is 1. The summed E-state index contributed by atoms with van der Waals surface area (Å²) in [6, 6.07) is 14.4. The number of hydrogen-bond donors (Lipinski definition) is 1. The summed E-state index contributed by atoms with van der Waals surface area (Å²) in [6.07, 6.45) is 6.50. The number of benzene rings is 2. The van der Waals surface area contributed by atoms with E-state index in [0.29, 0.717) is 24.2 Å². The standard InChI is InChI=1S/C23H20N4O4S/c1-32(29,30)18-8-6-15(7-9-18)19-5-2-4-16-12-17(31-21(16)19)13-25-23(28)20-14-26-27-11-3-10-24-22(20)27/h2-11,14,17H,12-13H2,1H3,(H,25,28)/t17-/m0/s1. The van der Waals surface area contributed by atoms with E-state index in [1.54, 1.807) is 47.2 Å². The summed E-state index contributed by atoms with van der Waals surface area (Å²) in [5, 5.41) is 7.06. The van der Waals surface area contributed by atoms with Crippen molar-refractivity contribution >= 4 is 21.4 Å². The second-order valence-electron chi connectivity index (χ2n) is 7.69. The molecule has 1 amide bonds. The largest absolute Gasteiger partial charge is 0.487 e. The Hall–Kier alpha value is -3.72. The molecule has 1 N–H and O–H groups in total. The lowest BCUT2D eigenvalue weighted by atomic mass is 10.0. The van der Waals surface area contributed by atoms with Crippen molar-refractivity contribution in [1.29, 1.82) is 0 Å². The lowest BCUT2D eigenvalue weighted by Crippen LogP contribution is -2.34. The van der Waals surface area contributed by atoms with Crippen molar-refractivity contribution in [2.75, 3.05) is 12.8 Å². The predicted molar refractivity (Wildman–Crippen MR) is 118 cm³/mol. The number of nitrogens with zero attached hydrogens (tertiary/aromatic N) is 3. The minimum atomic E-state index is -3.25. The summed E-state index contributed by atoms with van der Waals surface area (Å²) in [6.45, 7) is 0.337. The number of sulfone groups is 1. The van der Waals surface area contributed by atoms with Crippen LogP contribution in [0.25, 0.3) is 16.8 Å². The molecule has 2 aromatic carbocycles. The molecule has 32 heavy (non-hydrogen) atoms. The maximum Gasteiger partial charge on any atom is 0.256 e. The molecule has 4 aromatic rings. The van der Waals surface area contributed by atoms with Gasteiger partial charge in [-0.15, -0.1) is 0 Å². The smallest absolute Gasteiger partial charge is 0.256 e. The minimum Gasteiger partial charge on any atom is -0.487 e. The van der Waals surface area contributed by atoms with E-state index in [9.17, 15) is 13.2 Å². The second kappa shape index (κ2) is 7.76. The first kappa shape index (κ1) is 20.2. The van der Waals surface area contributed by atoms with Gasteiger partial charge in [-0.2, -0.15) is 5.10 Å². The summed E-state index contributed by atoms with van der Waals surface area (Å²) < 4.78 is 31.2. The minimum absolute atomic E-state index is 0.208. The average Bonchev–Trinajstić information content (AvgIpc) is 3.41. The fourth-order valence-corrected chi connectivity index (χ4v) is 4.48. The van der Waals surface area contributed by atoms with Gasteiger partial charge in [-0.1, -0.05) is 30.3 Å². The summed E-state index contributed by atoms with van der Waals surface area (Å²) in [7, 11) is -3.25. The number of nitrogens with one attached hydrogen (secondary N) is 1. The van der Waals surface area contributed by atoms with Gasteiger partial charge < -0.3 is 10.1 Å². The topological polar surface area (TPSA) is 103 Å². The molecule has 0 fully saturated rings. The van der Waals surface area contributed by atoms with E-state index in [-0.39, 0.29) is 16.9 Å². The van der Waals surface area contributed by atoms with Crippen LogP contribution < -0.4 is 10.1 Å². The predicted octanol–water partition coefficient (Wildman–Crippen LogP) is 2.53. The first-order chi connectivity index (χ1) is 15.4. The zero-order chi connectivity index (χ0) is 22.3. The van der Waals surface area contributed by atoms with Crippen LogP contribution in [0, 0.1) is 0 Å². The number of rotatable bonds is 5. The van der Waals surface area contributed by atoms with Crippen molar-refractivity contribution in [1.82, 2.24) is 19.9 Å². The second-order valence-corrected chi connectivity index (χ2v) is 9.71. The molecular weight excluding hydrogens is 428 g/mol. The van der Waals surface area contributed by atoms with Crippen LogP contribution in [0.3, 0.4) is 0 Å². The monoisotopic (exact) mass is 448 g/mol. The van der Waals surface area contributed by atoms with Crippen molar-refractivity contribution in [3.05, 3.63) is 78.2 Å². The summed E-state index contributed by atoms with van der Waals surface area (Å²) >= 11 is 0. The number of carbonyl (C=O) groups is 1. The van der Waals surface area contributed by atoms with Crippen LogP contribution in [-0.4, -0.2) is 47.8 Å². The normalized spacial score (nSPS) is 15.3. The van der Waals surface area contributed by atoms with E-state index in [2.05, 4.69) is 15.4 Å². The van der Waals surface area contributed by atoms with Gasteiger partial charge in [-0.05, 0) is 29.3 Å². The number of hydrogen-bond acceptors (Lipinski definition) is 6. The summed E-state index contributed by atoms with van der Waals surface area (Å²) in [5.41, 5.74) is 3.72. The Bertz CT molecular complexity index is 1430. The quantitative estimate of drug-likeness (QED) is 0.503. The first-order valence-corrected chi connectivity index (χ1v) is 11.9. The first-order valence-electron chi connectivity index (χ1n) is 10.1. The third-order valence-corrected chi connectivity index (χ3v) is 6.56. The zero-order valence-corrected chi connectivity index (χ0v) is 18.0. The Morgan fingerprint density at radius 2 is 2.00 bits per heavy atom. The molecular formula is C23H20N4O4S. The highest BCUT2D eigenvalue weighted by atomic mass is 32.2. The van der Waals surface area contributed by atoms with E-state index in [1.807, 2.05) is 18.2 Å². The lowest BCUT2D eigenvalue weighted by Gasteiger charge is -2.13. The molecule has 0 bridgehead atoms. The number of carbonyl (C=O) groups excluding carboxylic acids is 1. The molecule has 1 aliphatic heterocycles. The van der Waals surface area contributed by atoms with Crippen molar-refractivity contribution < 1.29 is 17.9 Å². The molecule has 0 spiro atoms. The average molecular weight is 449 g/mol. The molecule has 8 nitrogen and oxygen atoms in total. The molecule has 5 rings (SSSR count). The highest BCUT2D eigenvalue weighted by molar-refractivity contribution is 7.90. The Labute approximate surface area is 184 Å². The molecule has 2 aromatic heterocycles. The summed E-state index contributed by atoms with van der Waals surface area (Å²) in [4.78, 5) is 17.1. The molecule has 162 valence electrons. The maximum atomic E-state index is 12.6. The van der Waals surface area contributed by atoms with Crippen molar-refractivity contribution in [3.8, 4) is 16.9 Å². The van der Waals surface area contributed by atoms with Crippen LogP contribution in [0.2, 0.25) is 0 Å². The number of aromatic nitrogens is 3. The van der Waals surface area contributed by atoms with E-state index in [4.69, 9.17) is 4.74 Å².